The van der Waals surface area contributed by atoms with E-state index in [9.17, 15) is 4.79 Å². The van der Waals surface area contributed by atoms with Gasteiger partial charge in [-0.2, -0.15) is 0 Å². The first-order chi connectivity index (χ1) is 15.5. The van der Waals surface area contributed by atoms with Gasteiger partial charge in [0.25, 0.3) is 5.56 Å². The van der Waals surface area contributed by atoms with E-state index in [1.54, 1.807) is 10.8 Å². The van der Waals surface area contributed by atoms with E-state index < -0.39 is 0 Å². The second-order valence-electron chi connectivity index (χ2n) is 8.45. The molecule has 0 bridgehead atoms. The predicted octanol–water partition coefficient (Wildman–Crippen LogP) is 6.14. The summed E-state index contributed by atoms with van der Waals surface area (Å²) in [6, 6.07) is 16.4. The Morgan fingerprint density at radius 2 is 1.74 bits per heavy atom. The zero-order valence-corrected chi connectivity index (χ0v) is 22.2. The van der Waals surface area contributed by atoms with Gasteiger partial charge in [-0.1, -0.05) is 23.7 Å². The van der Waals surface area contributed by atoms with Crippen LogP contribution in [-0.4, -0.2) is 47.7 Å². The van der Waals surface area contributed by atoms with Crippen molar-refractivity contribution in [3.63, 3.8) is 0 Å². The first-order valence-corrected chi connectivity index (χ1v) is 12.0. The van der Waals surface area contributed by atoms with E-state index >= 15 is 0 Å². The predicted molar refractivity (Wildman–Crippen MR) is 149 cm³/mol. The van der Waals surface area contributed by atoms with Crippen molar-refractivity contribution in [3.8, 4) is 16.1 Å². The first kappa shape index (κ1) is 26.5. The van der Waals surface area contributed by atoms with E-state index in [-0.39, 0.29) is 30.4 Å². The van der Waals surface area contributed by atoms with Crippen molar-refractivity contribution in [3.05, 3.63) is 76.3 Å². The third kappa shape index (κ3) is 5.26. The minimum Gasteiger partial charge on any atom is -0.357 e. The summed E-state index contributed by atoms with van der Waals surface area (Å²) in [5, 5.41) is 1.66. The molecule has 0 saturated carbocycles. The number of nitrogens with zero attached hydrogens (tertiary/aromatic N) is 4. The van der Waals surface area contributed by atoms with Crippen molar-refractivity contribution < 1.29 is 0 Å². The SMILES string of the molecule is CN(C)C1CCN(c2ccc(-n3ccc4cc(-c5ccc(Cl)cc5)sc4c3=O)cn2)CC1.Cl.Cl. The molecule has 1 aliphatic heterocycles. The molecule has 1 saturated heterocycles. The smallest absolute Gasteiger partial charge is 0.273 e. The molecule has 0 atom stereocenters. The van der Waals surface area contributed by atoms with Crippen LogP contribution >= 0.6 is 47.8 Å². The third-order valence-electron chi connectivity index (χ3n) is 6.23. The van der Waals surface area contributed by atoms with Crippen molar-refractivity contribution in [2.45, 2.75) is 18.9 Å². The van der Waals surface area contributed by atoms with Crippen LogP contribution in [0.3, 0.4) is 0 Å². The number of fused-ring (bicyclic) bond motifs is 1. The molecule has 4 heterocycles. The number of halogens is 3. The van der Waals surface area contributed by atoms with Crippen LogP contribution in [0.2, 0.25) is 5.02 Å². The van der Waals surface area contributed by atoms with Crippen LogP contribution < -0.4 is 10.5 Å². The summed E-state index contributed by atoms with van der Waals surface area (Å²) in [5.41, 5.74) is 1.82. The Morgan fingerprint density at radius 3 is 2.35 bits per heavy atom. The second-order valence-corrected chi connectivity index (χ2v) is 9.94. The average Bonchev–Trinajstić information content (AvgIpc) is 3.25. The van der Waals surface area contributed by atoms with Gasteiger partial charge in [0.2, 0.25) is 0 Å². The Balaban J connectivity index is 0.00000162. The lowest BCUT2D eigenvalue weighted by molar-refractivity contribution is 0.249. The van der Waals surface area contributed by atoms with Gasteiger partial charge in [0, 0.05) is 40.6 Å². The van der Waals surface area contributed by atoms with Gasteiger partial charge in [-0.05, 0) is 68.9 Å². The van der Waals surface area contributed by atoms with E-state index in [0.717, 1.165) is 58.0 Å². The summed E-state index contributed by atoms with van der Waals surface area (Å²) in [6.45, 7) is 2.01. The van der Waals surface area contributed by atoms with Crippen molar-refractivity contribution in [2.24, 2.45) is 0 Å². The Hall–Kier alpha value is -2.09. The fraction of sp³-hybridized carbons (Fsp3) is 0.280. The van der Waals surface area contributed by atoms with Gasteiger partial charge >= 0.3 is 0 Å². The lowest BCUT2D eigenvalue weighted by Gasteiger charge is -2.35. The number of thiophene rings is 1. The minimum atomic E-state index is -0.0194. The van der Waals surface area contributed by atoms with Crippen molar-refractivity contribution in [1.29, 1.82) is 0 Å². The molecule has 0 unspecified atom stereocenters. The molecule has 0 spiro atoms. The van der Waals surface area contributed by atoms with E-state index in [4.69, 9.17) is 11.6 Å². The Kier molecular flexibility index (Phi) is 8.66. The highest BCUT2D eigenvalue weighted by molar-refractivity contribution is 7.22. The monoisotopic (exact) mass is 536 g/mol. The number of pyridine rings is 2. The molecule has 3 aromatic heterocycles. The maximum atomic E-state index is 13.2. The third-order valence-corrected chi connectivity index (χ3v) is 7.67. The molecule has 9 heteroatoms. The molecule has 5 rings (SSSR count). The van der Waals surface area contributed by atoms with Crippen molar-refractivity contribution >= 4 is 63.7 Å². The number of hydrogen-bond acceptors (Lipinski definition) is 5. The van der Waals surface area contributed by atoms with Crippen LogP contribution in [0.4, 0.5) is 5.82 Å². The summed E-state index contributed by atoms with van der Waals surface area (Å²) < 4.78 is 2.42. The first-order valence-electron chi connectivity index (χ1n) is 10.8. The molecule has 1 aromatic carbocycles. The Bertz CT molecular complexity index is 1290. The molecule has 1 fully saturated rings. The zero-order valence-electron chi connectivity index (χ0n) is 19.0. The molecule has 5 nitrogen and oxygen atoms in total. The fourth-order valence-corrected chi connectivity index (χ4v) is 5.52. The van der Waals surface area contributed by atoms with E-state index in [0.29, 0.717) is 11.1 Å². The highest BCUT2D eigenvalue weighted by atomic mass is 35.5. The molecule has 34 heavy (non-hydrogen) atoms. The molecule has 0 aliphatic carbocycles. The summed E-state index contributed by atoms with van der Waals surface area (Å²) in [6.07, 6.45) is 5.92. The maximum Gasteiger partial charge on any atom is 0.273 e. The van der Waals surface area contributed by atoms with Gasteiger partial charge in [-0.25, -0.2) is 4.98 Å². The molecule has 1 aliphatic rings. The summed E-state index contributed by atoms with van der Waals surface area (Å²) in [5.74, 6) is 0.973. The van der Waals surface area contributed by atoms with Gasteiger partial charge in [0.1, 0.15) is 10.5 Å². The minimum absolute atomic E-state index is 0. The lowest BCUT2D eigenvalue weighted by Crippen LogP contribution is -2.42. The Morgan fingerprint density at radius 1 is 1.03 bits per heavy atom. The highest BCUT2D eigenvalue weighted by Crippen LogP contribution is 2.32. The summed E-state index contributed by atoms with van der Waals surface area (Å²) >= 11 is 7.52. The van der Waals surface area contributed by atoms with Gasteiger partial charge in [-0.3, -0.25) is 9.36 Å². The number of piperidine rings is 1. The van der Waals surface area contributed by atoms with Gasteiger partial charge in [-0.15, -0.1) is 36.2 Å². The quantitative estimate of drug-likeness (QED) is 0.313. The molecule has 0 radical (unpaired) electrons. The van der Waals surface area contributed by atoms with Crippen LogP contribution in [0, 0.1) is 0 Å². The van der Waals surface area contributed by atoms with Crippen LogP contribution in [-0.2, 0) is 0 Å². The van der Waals surface area contributed by atoms with Crippen LogP contribution in [0.25, 0.3) is 26.2 Å². The lowest BCUT2D eigenvalue weighted by atomic mass is 10.0. The molecular weight excluding hydrogens is 511 g/mol. The Labute approximate surface area is 220 Å². The standard InChI is InChI=1S/C25H25ClN4OS.2ClH/c1-28(2)20-10-12-29(13-11-20)23-8-7-21(16-27-23)30-14-9-18-15-22(32-24(18)25(30)31)17-3-5-19(26)6-4-17;;/h3-9,14-16,20H,10-13H2,1-2H3;2*1H. The van der Waals surface area contributed by atoms with Gasteiger partial charge < -0.3 is 9.80 Å². The molecule has 4 aromatic rings. The van der Waals surface area contributed by atoms with Crippen LogP contribution in [0.1, 0.15) is 12.8 Å². The molecular formula is C25H27Cl3N4OS. The zero-order chi connectivity index (χ0) is 22.2. The van der Waals surface area contributed by atoms with Crippen LogP contribution in [0.15, 0.2) is 65.7 Å². The largest absolute Gasteiger partial charge is 0.357 e. The van der Waals surface area contributed by atoms with Gasteiger partial charge in [0.15, 0.2) is 0 Å². The molecule has 180 valence electrons. The van der Waals surface area contributed by atoms with Gasteiger partial charge in [0.05, 0.1) is 11.9 Å². The number of aromatic nitrogens is 2. The summed E-state index contributed by atoms with van der Waals surface area (Å²) in [4.78, 5) is 23.6. The number of hydrogen-bond donors (Lipinski definition) is 0. The molecule has 0 N–H and O–H groups in total. The van der Waals surface area contributed by atoms with E-state index in [2.05, 4.69) is 34.9 Å². The number of anilines is 1. The maximum absolute atomic E-state index is 13.2. The fourth-order valence-electron chi connectivity index (χ4n) is 4.31. The topological polar surface area (TPSA) is 41.4 Å². The normalized spacial score (nSPS) is 14.2. The van der Waals surface area contributed by atoms with Crippen molar-refractivity contribution in [1.82, 2.24) is 14.5 Å². The van der Waals surface area contributed by atoms with Crippen LogP contribution in [0.5, 0.6) is 0 Å². The average molecular weight is 538 g/mol. The second kappa shape index (κ2) is 11.1. The van der Waals surface area contributed by atoms with E-state index in [1.165, 1.54) is 11.3 Å². The number of benzene rings is 1. The summed E-state index contributed by atoms with van der Waals surface area (Å²) in [7, 11) is 4.29. The highest BCUT2D eigenvalue weighted by Gasteiger charge is 2.21. The van der Waals surface area contributed by atoms with Crippen molar-refractivity contribution in [2.75, 3.05) is 32.1 Å². The van der Waals surface area contributed by atoms with E-state index in [1.807, 2.05) is 48.7 Å². The molecule has 0 amide bonds. The number of rotatable bonds is 4.